The van der Waals surface area contributed by atoms with Gasteiger partial charge < -0.3 is 24.3 Å². The second-order valence-electron chi connectivity index (χ2n) is 9.15. The summed E-state index contributed by atoms with van der Waals surface area (Å²) in [5, 5.41) is 4.08. The van der Waals surface area contributed by atoms with Gasteiger partial charge in [-0.1, -0.05) is 91.5 Å². The molecular weight excluding hydrogens is 506 g/mol. The highest BCUT2D eigenvalue weighted by atomic mass is 16.6. The zero-order valence-electron chi connectivity index (χ0n) is 22.6. The van der Waals surface area contributed by atoms with E-state index in [1.165, 1.54) is 5.56 Å². The fraction of sp³-hybridized carbons (Fsp3) is 0.212. The quantitative estimate of drug-likeness (QED) is 0.122. The first-order valence-electron chi connectivity index (χ1n) is 13.2. The number of ether oxygens (including phenoxy) is 4. The number of fused-ring (bicyclic) bond motifs is 1. The van der Waals surface area contributed by atoms with Crippen molar-refractivity contribution in [3.05, 3.63) is 114 Å². The van der Waals surface area contributed by atoms with Crippen molar-refractivity contribution in [3.63, 3.8) is 0 Å². The summed E-state index contributed by atoms with van der Waals surface area (Å²) in [4.78, 5) is 24.1. The molecular formula is C33H33NO6. The van der Waals surface area contributed by atoms with Crippen LogP contribution in [-0.2, 0) is 22.4 Å². The number of hydrogen-bond acceptors (Lipinski definition) is 6. The summed E-state index contributed by atoms with van der Waals surface area (Å²) in [5.74, 6) is 0.901. The van der Waals surface area contributed by atoms with E-state index in [0.717, 1.165) is 17.4 Å². The van der Waals surface area contributed by atoms with E-state index in [0.29, 0.717) is 47.8 Å². The van der Waals surface area contributed by atoms with Gasteiger partial charge in [-0.25, -0.2) is 9.59 Å². The molecule has 0 heterocycles. The van der Waals surface area contributed by atoms with Crippen LogP contribution in [0.1, 0.15) is 18.1 Å². The molecule has 0 saturated heterocycles. The molecule has 0 atom stereocenters. The van der Waals surface area contributed by atoms with Crippen LogP contribution in [0.3, 0.4) is 0 Å². The number of esters is 1. The summed E-state index contributed by atoms with van der Waals surface area (Å²) in [6, 6.07) is 29.4. The molecule has 0 fully saturated rings. The third-order valence-electron chi connectivity index (χ3n) is 6.05. The van der Waals surface area contributed by atoms with Crippen LogP contribution < -0.4 is 19.5 Å². The maximum Gasteiger partial charge on any atom is 0.412 e. The number of nitrogens with one attached hydrogen (secondary N) is 1. The van der Waals surface area contributed by atoms with Crippen LogP contribution in [-0.4, -0.2) is 38.4 Å². The van der Waals surface area contributed by atoms with Gasteiger partial charge in [-0.2, -0.15) is 0 Å². The van der Waals surface area contributed by atoms with Gasteiger partial charge in [0, 0.05) is 35.3 Å². The summed E-state index contributed by atoms with van der Waals surface area (Å²) >= 11 is 0. The molecule has 0 aliphatic rings. The summed E-state index contributed by atoms with van der Waals surface area (Å²) < 4.78 is 23.2. The molecule has 4 aromatic carbocycles. The molecule has 4 rings (SSSR count). The van der Waals surface area contributed by atoms with Gasteiger partial charge >= 0.3 is 12.1 Å². The molecule has 4 aromatic rings. The maximum absolute atomic E-state index is 12.6. The SMILES string of the molecule is C=C(C)C(=O)OCCNC(=O)Oc1cc(OCCc2ccccc2)c(OCCc2ccccc2)c2ccccc12. The van der Waals surface area contributed by atoms with E-state index < -0.39 is 12.1 Å². The lowest BCUT2D eigenvalue weighted by molar-refractivity contribution is -0.138. The van der Waals surface area contributed by atoms with E-state index in [1.807, 2.05) is 72.8 Å². The lowest BCUT2D eigenvalue weighted by Crippen LogP contribution is -2.30. The minimum absolute atomic E-state index is 0.00355. The molecule has 7 nitrogen and oxygen atoms in total. The van der Waals surface area contributed by atoms with Crippen molar-refractivity contribution in [1.29, 1.82) is 0 Å². The van der Waals surface area contributed by atoms with Crippen molar-refractivity contribution < 1.29 is 28.5 Å². The number of rotatable bonds is 13. The molecule has 0 aromatic heterocycles. The zero-order chi connectivity index (χ0) is 28.2. The summed E-state index contributed by atoms with van der Waals surface area (Å²) in [7, 11) is 0. The van der Waals surface area contributed by atoms with Crippen LogP contribution in [0.2, 0.25) is 0 Å². The van der Waals surface area contributed by atoms with Crippen LogP contribution in [0.4, 0.5) is 4.79 Å². The number of carbonyl (C=O) groups excluding carboxylic acids is 2. The molecule has 0 saturated carbocycles. The van der Waals surface area contributed by atoms with E-state index in [2.05, 4.69) is 24.0 Å². The van der Waals surface area contributed by atoms with Crippen LogP contribution in [0.15, 0.2) is 103 Å². The first-order valence-corrected chi connectivity index (χ1v) is 13.2. The Kier molecular flexibility index (Phi) is 10.2. The van der Waals surface area contributed by atoms with E-state index in [4.69, 9.17) is 18.9 Å². The molecule has 7 heteroatoms. The Labute approximate surface area is 234 Å². The Bertz CT molecular complexity index is 1440. The summed E-state index contributed by atoms with van der Waals surface area (Å²) in [6.07, 6.45) is 0.760. The third kappa shape index (κ3) is 8.11. The van der Waals surface area contributed by atoms with Crippen LogP contribution in [0.5, 0.6) is 17.2 Å². The fourth-order valence-corrected chi connectivity index (χ4v) is 4.03. The van der Waals surface area contributed by atoms with Crippen molar-refractivity contribution in [2.45, 2.75) is 19.8 Å². The predicted molar refractivity (Wildman–Crippen MR) is 155 cm³/mol. The summed E-state index contributed by atoms with van der Waals surface area (Å²) in [5.41, 5.74) is 2.61. The number of hydrogen-bond donors (Lipinski definition) is 1. The van der Waals surface area contributed by atoms with Gasteiger partial charge in [-0.15, -0.1) is 0 Å². The van der Waals surface area contributed by atoms with Gasteiger partial charge in [-0.05, 0) is 18.1 Å². The topological polar surface area (TPSA) is 83.1 Å². The summed E-state index contributed by atoms with van der Waals surface area (Å²) in [6.45, 7) is 6.05. The lowest BCUT2D eigenvalue weighted by Gasteiger charge is -2.18. The molecule has 0 aliphatic carbocycles. The standard InChI is InChI=1S/C33H33NO6/c1-24(2)32(35)39-22-19-34-33(36)40-29-23-30(37-20-17-25-11-5-3-6-12-25)31(28-16-10-9-15-27(28)29)38-21-18-26-13-7-4-8-14-26/h3-16,23H,1,17-22H2,2H3,(H,34,36). The van der Waals surface area contributed by atoms with Crippen LogP contribution >= 0.6 is 0 Å². The van der Waals surface area contributed by atoms with Crippen molar-refractivity contribution in [1.82, 2.24) is 5.32 Å². The first-order chi connectivity index (χ1) is 19.5. The molecule has 1 N–H and O–H groups in total. The van der Waals surface area contributed by atoms with Gasteiger partial charge in [0.15, 0.2) is 11.5 Å². The number of amides is 1. The Morgan fingerprint density at radius 1 is 0.725 bits per heavy atom. The lowest BCUT2D eigenvalue weighted by atomic mass is 10.1. The Balaban J connectivity index is 1.52. The van der Waals surface area contributed by atoms with Gasteiger partial charge in [0.2, 0.25) is 0 Å². The second kappa shape index (κ2) is 14.4. The fourth-order valence-electron chi connectivity index (χ4n) is 4.03. The van der Waals surface area contributed by atoms with Gasteiger partial charge in [0.05, 0.1) is 19.8 Å². The number of carbonyl (C=O) groups is 2. The molecule has 0 unspecified atom stereocenters. The largest absolute Gasteiger partial charge is 0.489 e. The smallest absolute Gasteiger partial charge is 0.412 e. The minimum atomic E-state index is -0.676. The molecule has 40 heavy (non-hydrogen) atoms. The highest BCUT2D eigenvalue weighted by Gasteiger charge is 2.18. The van der Waals surface area contributed by atoms with Crippen molar-refractivity contribution >= 4 is 22.8 Å². The molecule has 0 aliphatic heterocycles. The number of benzene rings is 4. The molecule has 0 radical (unpaired) electrons. The normalized spacial score (nSPS) is 10.5. The third-order valence-corrected chi connectivity index (χ3v) is 6.05. The second-order valence-corrected chi connectivity index (χ2v) is 9.15. The van der Waals surface area contributed by atoms with Crippen molar-refractivity contribution in [2.24, 2.45) is 0 Å². The van der Waals surface area contributed by atoms with E-state index in [9.17, 15) is 9.59 Å². The molecule has 0 bridgehead atoms. The predicted octanol–water partition coefficient (Wildman–Crippen LogP) is 6.29. The van der Waals surface area contributed by atoms with Gasteiger partial charge in [0.1, 0.15) is 12.4 Å². The monoisotopic (exact) mass is 539 g/mol. The van der Waals surface area contributed by atoms with Crippen molar-refractivity contribution in [2.75, 3.05) is 26.4 Å². The minimum Gasteiger partial charge on any atom is -0.489 e. The molecule has 1 amide bonds. The van der Waals surface area contributed by atoms with Gasteiger partial charge in [-0.3, -0.25) is 0 Å². The maximum atomic E-state index is 12.6. The van der Waals surface area contributed by atoms with Crippen LogP contribution in [0.25, 0.3) is 10.8 Å². The van der Waals surface area contributed by atoms with Crippen molar-refractivity contribution in [3.8, 4) is 17.2 Å². The Morgan fingerprint density at radius 3 is 1.93 bits per heavy atom. The zero-order valence-corrected chi connectivity index (χ0v) is 22.6. The highest BCUT2D eigenvalue weighted by Crippen LogP contribution is 2.42. The molecule has 0 spiro atoms. The molecule has 206 valence electrons. The highest BCUT2D eigenvalue weighted by molar-refractivity contribution is 5.97. The van der Waals surface area contributed by atoms with Gasteiger partial charge in [0.25, 0.3) is 0 Å². The average molecular weight is 540 g/mol. The van der Waals surface area contributed by atoms with Crippen LogP contribution in [0, 0.1) is 0 Å². The average Bonchev–Trinajstić information content (AvgIpc) is 2.97. The van der Waals surface area contributed by atoms with E-state index in [-0.39, 0.29) is 13.2 Å². The van der Waals surface area contributed by atoms with E-state index in [1.54, 1.807) is 13.0 Å². The van der Waals surface area contributed by atoms with E-state index >= 15 is 0 Å². The first kappa shape index (κ1) is 28.2. The Morgan fingerprint density at radius 2 is 1.30 bits per heavy atom. The Hall–Kier alpha value is -4.78.